The first-order valence-corrected chi connectivity index (χ1v) is 5.15. The third kappa shape index (κ3) is 5.71. The Morgan fingerprint density at radius 1 is 1.33 bits per heavy atom. The Kier molecular flexibility index (Phi) is 7.29. The van der Waals surface area contributed by atoms with E-state index in [2.05, 4.69) is 4.90 Å². The Morgan fingerprint density at radius 3 is 2.33 bits per heavy atom. The lowest BCUT2D eigenvalue weighted by Crippen LogP contribution is -2.42. The maximum absolute atomic E-state index is 11.7. The number of rotatable bonds is 7. The molecule has 0 aliphatic rings. The van der Waals surface area contributed by atoms with Crippen molar-refractivity contribution in [3.05, 3.63) is 0 Å². The minimum absolute atomic E-state index is 0.0428. The second-order valence-electron chi connectivity index (χ2n) is 3.88. The van der Waals surface area contributed by atoms with Crippen LogP contribution in [0.25, 0.3) is 0 Å². The van der Waals surface area contributed by atoms with Gasteiger partial charge in [0.05, 0.1) is 0 Å². The van der Waals surface area contributed by atoms with E-state index in [1.165, 1.54) is 7.11 Å². The van der Waals surface area contributed by atoms with Gasteiger partial charge in [-0.2, -0.15) is 0 Å². The standard InChI is InChI=1S/C10H23N3O2/c1-12(2)6-5-7-13(3)10(14)9(8-11)15-4/h9H,5-8,11H2,1-4H3. The Balaban J connectivity index is 3.87. The molecule has 1 amide bonds. The highest BCUT2D eigenvalue weighted by molar-refractivity contribution is 5.80. The van der Waals surface area contributed by atoms with E-state index in [4.69, 9.17) is 10.5 Å². The number of hydrogen-bond donors (Lipinski definition) is 1. The van der Waals surface area contributed by atoms with Gasteiger partial charge in [-0.05, 0) is 27.1 Å². The van der Waals surface area contributed by atoms with Crippen molar-refractivity contribution in [1.29, 1.82) is 0 Å². The number of methoxy groups -OCH3 is 1. The van der Waals surface area contributed by atoms with Gasteiger partial charge in [-0.1, -0.05) is 0 Å². The molecular weight excluding hydrogens is 194 g/mol. The van der Waals surface area contributed by atoms with Crippen molar-refractivity contribution < 1.29 is 9.53 Å². The van der Waals surface area contributed by atoms with E-state index in [-0.39, 0.29) is 12.5 Å². The van der Waals surface area contributed by atoms with Gasteiger partial charge in [-0.3, -0.25) is 4.79 Å². The molecule has 0 rings (SSSR count). The summed E-state index contributed by atoms with van der Waals surface area (Å²) in [6, 6.07) is 0. The Labute approximate surface area is 92.2 Å². The lowest BCUT2D eigenvalue weighted by molar-refractivity contribution is -0.140. The zero-order valence-electron chi connectivity index (χ0n) is 10.2. The van der Waals surface area contributed by atoms with Crippen LogP contribution in [0, 0.1) is 0 Å². The van der Waals surface area contributed by atoms with E-state index in [9.17, 15) is 4.79 Å². The summed E-state index contributed by atoms with van der Waals surface area (Å²) in [5.74, 6) is -0.0428. The summed E-state index contributed by atoms with van der Waals surface area (Å²) in [7, 11) is 7.31. The van der Waals surface area contributed by atoms with Gasteiger partial charge in [-0.15, -0.1) is 0 Å². The number of nitrogens with zero attached hydrogens (tertiary/aromatic N) is 2. The largest absolute Gasteiger partial charge is 0.370 e. The summed E-state index contributed by atoms with van der Waals surface area (Å²) in [5.41, 5.74) is 5.42. The quantitative estimate of drug-likeness (QED) is 0.617. The van der Waals surface area contributed by atoms with Gasteiger partial charge < -0.3 is 20.3 Å². The van der Waals surface area contributed by atoms with Crippen molar-refractivity contribution in [2.75, 3.05) is 47.9 Å². The highest BCUT2D eigenvalue weighted by Crippen LogP contribution is 1.97. The molecule has 0 radical (unpaired) electrons. The summed E-state index contributed by atoms with van der Waals surface area (Å²) in [6.45, 7) is 1.93. The number of nitrogens with two attached hydrogens (primary N) is 1. The molecule has 0 fully saturated rings. The molecule has 0 saturated heterocycles. The molecule has 0 aliphatic carbocycles. The fourth-order valence-corrected chi connectivity index (χ4v) is 1.28. The Morgan fingerprint density at radius 2 is 1.93 bits per heavy atom. The molecular formula is C10H23N3O2. The monoisotopic (exact) mass is 217 g/mol. The van der Waals surface area contributed by atoms with Crippen molar-refractivity contribution >= 4 is 5.91 Å². The van der Waals surface area contributed by atoms with E-state index in [1.807, 2.05) is 14.1 Å². The highest BCUT2D eigenvalue weighted by Gasteiger charge is 2.19. The molecule has 15 heavy (non-hydrogen) atoms. The van der Waals surface area contributed by atoms with Crippen molar-refractivity contribution in [1.82, 2.24) is 9.80 Å². The molecule has 0 aliphatic heterocycles. The lowest BCUT2D eigenvalue weighted by Gasteiger charge is -2.22. The van der Waals surface area contributed by atoms with Gasteiger partial charge >= 0.3 is 0 Å². The van der Waals surface area contributed by atoms with Crippen LogP contribution in [0.1, 0.15) is 6.42 Å². The first-order chi connectivity index (χ1) is 7.02. The molecule has 0 aromatic heterocycles. The van der Waals surface area contributed by atoms with E-state index >= 15 is 0 Å². The summed E-state index contributed by atoms with van der Waals surface area (Å²) in [5, 5.41) is 0. The molecule has 5 heteroatoms. The lowest BCUT2D eigenvalue weighted by atomic mass is 10.3. The summed E-state index contributed by atoms with van der Waals surface area (Å²) in [6.07, 6.45) is 0.449. The predicted molar refractivity (Wildman–Crippen MR) is 60.7 cm³/mol. The molecule has 2 N–H and O–H groups in total. The smallest absolute Gasteiger partial charge is 0.252 e. The maximum atomic E-state index is 11.7. The van der Waals surface area contributed by atoms with Crippen LogP contribution in [0.4, 0.5) is 0 Å². The molecule has 0 heterocycles. The SMILES string of the molecule is COC(CN)C(=O)N(C)CCCN(C)C. The van der Waals surface area contributed by atoms with Crippen LogP contribution in [0.3, 0.4) is 0 Å². The Hall–Kier alpha value is -0.650. The van der Waals surface area contributed by atoms with E-state index < -0.39 is 6.10 Å². The normalized spacial score (nSPS) is 12.9. The van der Waals surface area contributed by atoms with E-state index in [1.54, 1.807) is 11.9 Å². The zero-order valence-corrected chi connectivity index (χ0v) is 10.2. The average Bonchev–Trinajstić information content (AvgIpc) is 2.18. The fourth-order valence-electron chi connectivity index (χ4n) is 1.28. The number of carbonyl (C=O) groups is 1. The van der Waals surface area contributed by atoms with E-state index in [0.717, 1.165) is 19.5 Å². The minimum Gasteiger partial charge on any atom is -0.370 e. The van der Waals surface area contributed by atoms with Crippen LogP contribution in [0.15, 0.2) is 0 Å². The van der Waals surface area contributed by atoms with Gasteiger partial charge in [-0.25, -0.2) is 0 Å². The van der Waals surface area contributed by atoms with Crippen molar-refractivity contribution in [2.24, 2.45) is 5.73 Å². The van der Waals surface area contributed by atoms with Gasteiger partial charge in [0, 0.05) is 27.2 Å². The highest BCUT2D eigenvalue weighted by atomic mass is 16.5. The topological polar surface area (TPSA) is 58.8 Å². The zero-order chi connectivity index (χ0) is 11.8. The number of likely N-dealkylation sites (N-methyl/N-ethyl adjacent to an activating group) is 1. The van der Waals surface area contributed by atoms with E-state index in [0.29, 0.717) is 0 Å². The maximum Gasteiger partial charge on any atom is 0.252 e. The fraction of sp³-hybridized carbons (Fsp3) is 0.900. The summed E-state index contributed by atoms with van der Waals surface area (Å²) < 4.78 is 4.98. The van der Waals surface area contributed by atoms with Crippen molar-refractivity contribution in [3.8, 4) is 0 Å². The molecule has 0 aromatic rings. The minimum atomic E-state index is -0.505. The third-order valence-corrected chi connectivity index (χ3v) is 2.25. The van der Waals surface area contributed by atoms with Crippen LogP contribution in [0.5, 0.6) is 0 Å². The average molecular weight is 217 g/mol. The summed E-state index contributed by atoms with van der Waals surface area (Å²) >= 11 is 0. The van der Waals surface area contributed by atoms with Crippen LogP contribution in [-0.4, -0.2) is 69.7 Å². The van der Waals surface area contributed by atoms with Gasteiger partial charge in [0.25, 0.3) is 5.91 Å². The summed E-state index contributed by atoms with van der Waals surface area (Å²) in [4.78, 5) is 15.5. The molecule has 1 unspecified atom stereocenters. The first-order valence-electron chi connectivity index (χ1n) is 5.15. The van der Waals surface area contributed by atoms with Gasteiger partial charge in [0.1, 0.15) is 6.10 Å². The molecule has 5 nitrogen and oxygen atoms in total. The third-order valence-electron chi connectivity index (χ3n) is 2.25. The first kappa shape index (κ1) is 14.3. The van der Waals surface area contributed by atoms with Gasteiger partial charge in [0.15, 0.2) is 0 Å². The van der Waals surface area contributed by atoms with Crippen LogP contribution in [-0.2, 0) is 9.53 Å². The number of ether oxygens (including phenoxy) is 1. The second kappa shape index (κ2) is 7.62. The molecule has 0 bridgehead atoms. The van der Waals surface area contributed by atoms with Crippen LogP contribution < -0.4 is 5.73 Å². The van der Waals surface area contributed by atoms with Crippen LogP contribution in [0.2, 0.25) is 0 Å². The molecule has 0 spiro atoms. The Bertz CT molecular complexity index is 182. The number of carbonyl (C=O) groups excluding carboxylic acids is 1. The predicted octanol–water partition coefficient (Wildman–Crippen LogP) is -0.630. The van der Waals surface area contributed by atoms with Crippen LogP contribution >= 0.6 is 0 Å². The number of hydrogen-bond acceptors (Lipinski definition) is 4. The molecule has 1 atom stereocenters. The second-order valence-corrected chi connectivity index (χ2v) is 3.88. The number of amides is 1. The molecule has 0 aromatic carbocycles. The van der Waals surface area contributed by atoms with Crippen molar-refractivity contribution in [3.63, 3.8) is 0 Å². The molecule has 0 saturated carbocycles. The molecule has 90 valence electrons. The van der Waals surface area contributed by atoms with Gasteiger partial charge in [0.2, 0.25) is 0 Å². The van der Waals surface area contributed by atoms with Crippen molar-refractivity contribution in [2.45, 2.75) is 12.5 Å².